The molecule has 1 N–H and O–H groups in total. The summed E-state index contributed by atoms with van der Waals surface area (Å²) in [6.07, 6.45) is 1.56. The first-order valence-corrected chi connectivity index (χ1v) is 9.52. The molecule has 8 heteroatoms. The topological polar surface area (TPSA) is 78.4 Å². The van der Waals surface area contributed by atoms with E-state index in [1.165, 1.54) is 0 Å². The average Bonchev–Trinajstić information content (AvgIpc) is 3.12. The van der Waals surface area contributed by atoms with Crippen LogP contribution in [0.3, 0.4) is 0 Å². The van der Waals surface area contributed by atoms with Gasteiger partial charge in [0.15, 0.2) is 23.0 Å². The fraction of sp³-hybridized carbons (Fsp3) is 0.263. The van der Waals surface area contributed by atoms with Gasteiger partial charge in [-0.3, -0.25) is 4.79 Å². The average molecular weight is 482 g/mol. The minimum absolute atomic E-state index is 0.164. The van der Waals surface area contributed by atoms with Crippen LogP contribution < -0.4 is 24.4 Å². The Bertz CT molecular complexity index is 869. The largest absolute Gasteiger partial charge is 0.490 e. The Morgan fingerprint density at radius 2 is 1.96 bits per heavy atom. The van der Waals surface area contributed by atoms with Gasteiger partial charge in [-0.25, -0.2) is 5.43 Å². The number of amides is 1. The molecule has 0 unspecified atom stereocenters. The summed E-state index contributed by atoms with van der Waals surface area (Å²) in [5, 5.41) is 4.03. The van der Waals surface area contributed by atoms with Crippen molar-refractivity contribution in [2.24, 2.45) is 5.10 Å². The molecule has 1 amide bonds. The van der Waals surface area contributed by atoms with Crippen molar-refractivity contribution >= 4 is 34.7 Å². The molecule has 1 heterocycles. The first-order valence-electron chi connectivity index (χ1n) is 8.44. The van der Waals surface area contributed by atoms with Crippen molar-refractivity contribution in [1.82, 2.24) is 5.43 Å². The number of carbonyl (C=O) groups excluding carboxylic acids is 1. The van der Waals surface area contributed by atoms with Gasteiger partial charge in [0.25, 0.3) is 5.91 Å². The Labute approximate surface area is 170 Å². The summed E-state index contributed by atoms with van der Waals surface area (Å²) in [6.45, 7) is 5.07. The maximum absolute atomic E-state index is 12.2. The number of ether oxygens (including phenoxy) is 4. The molecule has 2 aromatic carbocycles. The van der Waals surface area contributed by atoms with Gasteiger partial charge in [-0.15, -0.1) is 0 Å². The van der Waals surface area contributed by atoms with Crippen molar-refractivity contribution in [3.63, 3.8) is 0 Å². The number of benzene rings is 2. The molecule has 0 atom stereocenters. The molecule has 1 aliphatic rings. The number of rotatable bonds is 7. The van der Waals surface area contributed by atoms with Crippen molar-refractivity contribution in [2.75, 3.05) is 20.0 Å². The highest BCUT2D eigenvalue weighted by atomic mass is 127. The van der Waals surface area contributed by atoms with Gasteiger partial charge in [0, 0.05) is 5.56 Å². The zero-order valence-corrected chi connectivity index (χ0v) is 17.1. The number of hydrogen-bond acceptors (Lipinski definition) is 6. The third-order valence-electron chi connectivity index (χ3n) is 3.63. The Balaban J connectivity index is 1.71. The van der Waals surface area contributed by atoms with Crippen LogP contribution in [0.25, 0.3) is 0 Å². The van der Waals surface area contributed by atoms with Gasteiger partial charge in [-0.2, -0.15) is 5.10 Å². The van der Waals surface area contributed by atoms with Crippen LogP contribution in [0.4, 0.5) is 0 Å². The van der Waals surface area contributed by atoms with E-state index in [-0.39, 0.29) is 12.7 Å². The van der Waals surface area contributed by atoms with Crippen molar-refractivity contribution in [1.29, 1.82) is 0 Å². The Kier molecular flexibility index (Phi) is 6.38. The van der Waals surface area contributed by atoms with Crippen LogP contribution in [-0.4, -0.2) is 32.1 Å². The number of nitrogens with zero attached hydrogens (tertiary/aromatic N) is 1. The minimum atomic E-state index is -0.338. The third-order valence-corrected chi connectivity index (χ3v) is 4.44. The van der Waals surface area contributed by atoms with Crippen LogP contribution in [0.2, 0.25) is 0 Å². The van der Waals surface area contributed by atoms with Crippen LogP contribution in [0.15, 0.2) is 35.4 Å². The molecular weight excluding hydrogens is 463 g/mol. The van der Waals surface area contributed by atoms with Crippen molar-refractivity contribution < 1.29 is 23.7 Å². The highest BCUT2D eigenvalue weighted by Gasteiger charge is 2.16. The summed E-state index contributed by atoms with van der Waals surface area (Å²) < 4.78 is 22.7. The number of nitrogens with one attached hydrogen (secondary N) is 1. The van der Waals surface area contributed by atoms with Gasteiger partial charge in [0.2, 0.25) is 6.79 Å². The Morgan fingerprint density at radius 3 is 2.74 bits per heavy atom. The Hall–Kier alpha value is -2.49. The van der Waals surface area contributed by atoms with E-state index in [4.69, 9.17) is 18.9 Å². The quantitative estimate of drug-likeness (QED) is 0.371. The van der Waals surface area contributed by atoms with Crippen LogP contribution in [-0.2, 0) is 0 Å². The summed E-state index contributed by atoms with van der Waals surface area (Å²) in [4.78, 5) is 12.2. The lowest BCUT2D eigenvalue weighted by Gasteiger charge is -2.13. The fourth-order valence-electron chi connectivity index (χ4n) is 2.48. The highest BCUT2D eigenvalue weighted by Crippen LogP contribution is 2.34. The maximum Gasteiger partial charge on any atom is 0.271 e. The zero-order chi connectivity index (χ0) is 19.2. The van der Waals surface area contributed by atoms with E-state index < -0.39 is 0 Å². The van der Waals surface area contributed by atoms with E-state index in [0.717, 1.165) is 9.13 Å². The predicted molar refractivity (Wildman–Crippen MR) is 109 cm³/mol. The number of hydrazone groups is 1. The molecule has 0 aromatic heterocycles. The highest BCUT2D eigenvalue weighted by molar-refractivity contribution is 14.1. The van der Waals surface area contributed by atoms with Crippen LogP contribution in [0.5, 0.6) is 23.0 Å². The van der Waals surface area contributed by atoms with Crippen LogP contribution in [0, 0.1) is 3.57 Å². The zero-order valence-electron chi connectivity index (χ0n) is 15.0. The molecule has 0 bridgehead atoms. The second-order valence-corrected chi connectivity index (χ2v) is 6.63. The lowest BCUT2D eigenvalue weighted by molar-refractivity contribution is 0.0954. The molecule has 27 heavy (non-hydrogen) atoms. The summed E-state index contributed by atoms with van der Waals surface area (Å²) in [5.41, 5.74) is 3.74. The van der Waals surface area contributed by atoms with Crippen molar-refractivity contribution in [2.45, 2.75) is 13.8 Å². The first-order chi connectivity index (χ1) is 13.1. The third kappa shape index (κ3) is 4.62. The number of fused-ring (bicyclic) bond motifs is 1. The molecule has 1 aliphatic heterocycles. The molecule has 7 nitrogen and oxygen atoms in total. The number of hydrogen-bond donors (Lipinski definition) is 1. The lowest BCUT2D eigenvalue weighted by atomic mass is 10.2. The molecule has 0 aliphatic carbocycles. The fourth-order valence-corrected chi connectivity index (χ4v) is 3.26. The normalized spacial score (nSPS) is 12.3. The van der Waals surface area contributed by atoms with E-state index in [1.807, 2.05) is 26.0 Å². The van der Waals surface area contributed by atoms with E-state index in [9.17, 15) is 4.79 Å². The molecule has 3 rings (SSSR count). The van der Waals surface area contributed by atoms with Gasteiger partial charge in [-0.1, -0.05) is 0 Å². The smallest absolute Gasteiger partial charge is 0.271 e. The van der Waals surface area contributed by atoms with Gasteiger partial charge in [0.1, 0.15) is 0 Å². The summed E-state index contributed by atoms with van der Waals surface area (Å²) in [5.74, 6) is 2.20. The molecule has 0 saturated carbocycles. The van der Waals surface area contributed by atoms with E-state index in [2.05, 4.69) is 33.1 Å². The van der Waals surface area contributed by atoms with E-state index in [0.29, 0.717) is 41.8 Å². The summed E-state index contributed by atoms with van der Waals surface area (Å²) in [7, 11) is 0. The van der Waals surface area contributed by atoms with Crippen LogP contribution >= 0.6 is 22.6 Å². The van der Waals surface area contributed by atoms with Crippen LogP contribution in [0.1, 0.15) is 29.8 Å². The number of carbonyl (C=O) groups is 1. The lowest BCUT2D eigenvalue weighted by Crippen LogP contribution is -2.17. The molecule has 0 spiro atoms. The monoisotopic (exact) mass is 482 g/mol. The molecular formula is C19H19IN2O5. The Morgan fingerprint density at radius 1 is 1.19 bits per heavy atom. The summed E-state index contributed by atoms with van der Waals surface area (Å²) in [6, 6.07) is 8.72. The van der Waals surface area contributed by atoms with E-state index >= 15 is 0 Å². The number of halogens is 1. The van der Waals surface area contributed by atoms with Gasteiger partial charge < -0.3 is 18.9 Å². The van der Waals surface area contributed by atoms with Crippen molar-refractivity contribution in [3.8, 4) is 23.0 Å². The van der Waals surface area contributed by atoms with Gasteiger partial charge in [0.05, 0.1) is 23.0 Å². The summed E-state index contributed by atoms with van der Waals surface area (Å²) >= 11 is 2.19. The molecule has 2 aromatic rings. The molecule has 0 fully saturated rings. The predicted octanol–water partition coefficient (Wildman–Crippen LogP) is 3.58. The standard InChI is InChI=1S/C19H19IN2O5/c1-3-24-17-8-12(7-14(20)18(17)25-4-2)10-21-22-19(23)13-5-6-15-16(9-13)27-11-26-15/h5-10H,3-4,11H2,1-2H3,(H,22,23)/b21-10+. The molecule has 0 radical (unpaired) electrons. The first kappa shape index (κ1) is 19.3. The minimum Gasteiger partial charge on any atom is -0.490 e. The molecule has 142 valence electrons. The maximum atomic E-state index is 12.2. The second kappa shape index (κ2) is 8.94. The van der Waals surface area contributed by atoms with Gasteiger partial charge >= 0.3 is 0 Å². The van der Waals surface area contributed by atoms with E-state index in [1.54, 1.807) is 24.4 Å². The van der Waals surface area contributed by atoms with Gasteiger partial charge in [-0.05, 0) is 72.3 Å². The second-order valence-electron chi connectivity index (χ2n) is 5.46. The SMILES string of the molecule is CCOc1cc(/C=N/NC(=O)c2ccc3c(c2)OCO3)cc(I)c1OCC. The van der Waals surface area contributed by atoms with Crippen molar-refractivity contribution in [3.05, 3.63) is 45.0 Å². The molecule has 0 saturated heterocycles.